The number of fused-ring (bicyclic) bond motifs is 1. The zero-order chi connectivity index (χ0) is 14.7. The van der Waals surface area contributed by atoms with Crippen LogP contribution in [-0.4, -0.2) is 49.0 Å². The molecule has 2 heterocycles. The Morgan fingerprint density at radius 2 is 2.24 bits per heavy atom. The molecule has 21 heavy (non-hydrogen) atoms. The van der Waals surface area contributed by atoms with Crippen LogP contribution in [-0.2, 0) is 4.79 Å². The van der Waals surface area contributed by atoms with Gasteiger partial charge in [-0.25, -0.2) is 0 Å². The van der Waals surface area contributed by atoms with Gasteiger partial charge in [-0.05, 0) is 31.5 Å². The lowest BCUT2D eigenvalue weighted by atomic mass is 10.1. The van der Waals surface area contributed by atoms with Crippen molar-refractivity contribution < 1.29 is 24.1 Å². The van der Waals surface area contributed by atoms with Gasteiger partial charge < -0.3 is 24.2 Å². The minimum Gasteiger partial charge on any atom is -0.493 e. The summed E-state index contributed by atoms with van der Waals surface area (Å²) in [5.41, 5.74) is 0. The first-order chi connectivity index (χ1) is 10.2. The van der Waals surface area contributed by atoms with Gasteiger partial charge in [0.25, 0.3) is 0 Å². The molecule has 1 unspecified atom stereocenters. The number of benzene rings is 1. The highest BCUT2D eigenvalue weighted by Gasteiger charge is 2.27. The van der Waals surface area contributed by atoms with Crippen LogP contribution in [0.4, 0.5) is 0 Å². The number of carboxylic acids is 1. The third kappa shape index (κ3) is 3.39. The zero-order valence-electron chi connectivity index (χ0n) is 11.8. The molecule has 1 fully saturated rings. The summed E-state index contributed by atoms with van der Waals surface area (Å²) in [6.07, 6.45) is 1.62. The minimum absolute atomic E-state index is 0.209. The predicted molar refractivity (Wildman–Crippen MR) is 74.9 cm³/mol. The summed E-state index contributed by atoms with van der Waals surface area (Å²) in [7, 11) is 0. The fraction of sp³-hybridized carbons (Fsp3) is 0.533. The highest BCUT2D eigenvalue weighted by Crippen LogP contribution is 2.35. The SMILES string of the molecule is O=C(O)C1CCN(CCCOc2ccc3c(c2)OCO3)C1. The summed E-state index contributed by atoms with van der Waals surface area (Å²) in [5, 5.41) is 8.95. The van der Waals surface area contributed by atoms with Crippen LogP contribution in [0, 0.1) is 5.92 Å². The molecule has 0 aliphatic carbocycles. The third-order valence-electron chi connectivity index (χ3n) is 3.85. The van der Waals surface area contributed by atoms with E-state index in [4.69, 9.17) is 19.3 Å². The van der Waals surface area contributed by atoms with Crippen LogP contribution in [0.3, 0.4) is 0 Å². The number of hydrogen-bond donors (Lipinski definition) is 1. The molecule has 114 valence electrons. The van der Waals surface area contributed by atoms with Gasteiger partial charge in [-0.2, -0.15) is 0 Å². The maximum absolute atomic E-state index is 10.9. The summed E-state index contributed by atoms with van der Waals surface area (Å²) < 4.78 is 16.2. The third-order valence-corrected chi connectivity index (χ3v) is 3.85. The Bertz CT molecular complexity index is 519. The van der Waals surface area contributed by atoms with Crippen molar-refractivity contribution in [3.05, 3.63) is 18.2 Å². The van der Waals surface area contributed by atoms with Crippen molar-refractivity contribution in [1.82, 2.24) is 4.90 Å². The Balaban J connectivity index is 1.38. The van der Waals surface area contributed by atoms with Crippen molar-refractivity contribution in [2.24, 2.45) is 5.92 Å². The van der Waals surface area contributed by atoms with Crippen LogP contribution in [0.5, 0.6) is 17.2 Å². The number of nitrogens with zero attached hydrogens (tertiary/aromatic N) is 1. The monoisotopic (exact) mass is 293 g/mol. The number of ether oxygens (including phenoxy) is 3. The van der Waals surface area contributed by atoms with Gasteiger partial charge in [0.15, 0.2) is 11.5 Å². The molecule has 6 nitrogen and oxygen atoms in total. The standard InChI is InChI=1S/C15H19NO5/c17-15(18)11-4-6-16(9-11)5-1-7-19-12-2-3-13-14(8-12)21-10-20-13/h2-3,8,11H,1,4-7,9-10H2,(H,17,18). The van der Waals surface area contributed by atoms with Gasteiger partial charge in [-0.15, -0.1) is 0 Å². The Kier molecular flexibility index (Phi) is 4.15. The number of hydrogen-bond acceptors (Lipinski definition) is 5. The van der Waals surface area contributed by atoms with Crippen molar-refractivity contribution in [2.45, 2.75) is 12.8 Å². The first-order valence-corrected chi connectivity index (χ1v) is 7.20. The summed E-state index contributed by atoms with van der Waals surface area (Å²) in [6.45, 7) is 3.25. The van der Waals surface area contributed by atoms with E-state index in [0.717, 1.165) is 43.2 Å². The van der Waals surface area contributed by atoms with E-state index in [1.165, 1.54) is 0 Å². The van der Waals surface area contributed by atoms with Crippen LogP contribution in [0.2, 0.25) is 0 Å². The number of aliphatic carboxylic acids is 1. The molecule has 1 saturated heterocycles. The van der Waals surface area contributed by atoms with E-state index in [-0.39, 0.29) is 12.7 Å². The lowest BCUT2D eigenvalue weighted by Gasteiger charge is -2.15. The number of likely N-dealkylation sites (tertiary alicyclic amines) is 1. The highest BCUT2D eigenvalue weighted by atomic mass is 16.7. The Morgan fingerprint density at radius 3 is 3.05 bits per heavy atom. The molecule has 6 heteroatoms. The van der Waals surface area contributed by atoms with Crippen molar-refractivity contribution in [2.75, 3.05) is 33.0 Å². The molecule has 0 saturated carbocycles. The fourth-order valence-electron chi connectivity index (χ4n) is 2.68. The van der Waals surface area contributed by atoms with Crippen LogP contribution >= 0.6 is 0 Å². The van der Waals surface area contributed by atoms with Crippen molar-refractivity contribution in [3.8, 4) is 17.2 Å². The van der Waals surface area contributed by atoms with Gasteiger partial charge in [-0.1, -0.05) is 0 Å². The van der Waals surface area contributed by atoms with Gasteiger partial charge >= 0.3 is 5.97 Å². The lowest BCUT2D eigenvalue weighted by Crippen LogP contribution is -2.25. The maximum Gasteiger partial charge on any atom is 0.307 e. The van der Waals surface area contributed by atoms with Gasteiger partial charge in [0.2, 0.25) is 6.79 Å². The largest absolute Gasteiger partial charge is 0.493 e. The average Bonchev–Trinajstić information content (AvgIpc) is 3.12. The van der Waals surface area contributed by atoms with Crippen LogP contribution in [0.15, 0.2) is 18.2 Å². The van der Waals surface area contributed by atoms with Crippen molar-refractivity contribution >= 4 is 5.97 Å². The number of rotatable bonds is 6. The Labute approximate surface area is 123 Å². The molecular formula is C15H19NO5. The fourth-order valence-corrected chi connectivity index (χ4v) is 2.68. The van der Waals surface area contributed by atoms with E-state index >= 15 is 0 Å². The quantitative estimate of drug-likeness (QED) is 0.803. The second-order valence-electron chi connectivity index (χ2n) is 5.34. The normalized spacial score (nSPS) is 20.7. The molecule has 3 rings (SSSR count). The molecule has 1 aromatic carbocycles. The molecule has 0 aromatic heterocycles. The molecule has 1 N–H and O–H groups in total. The van der Waals surface area contributed by atoms with E-state index in [1.54, 1.807) is 0 Å². The smallest absolute Gasteiger partial charge is 0.307 e. The van der Waals surface area contributed by atoms with Gasteiger partial charge in [0.05, 0.1) is 12.5 Å². The maximum atomic E-state index is 10.9. The average molecular weight is 293 g/mol. The van der Waals surface area contributed by atoms with Crippen LogP contribution in [0.1, 0.15) is 12.8 Å². The second kappa shape index (κ2) is 6.22. The molecular weight excluding hydrogens is 274 g/mol. The van der Waals surface area contributed by atoms with E-state index in [0.29, 0.717) is 13.2 Å². The second-order valence-corrected chi connectivity index (χ2v) is 5.34. The predicted octanol–water partition coefficient (Wildman–Crippen LogP) is 1.59. The summed E-state index contributed by atoms with van der Waals surface area (Å²) in [6, 6.07) is 5.54. The lowest BCUT2D eigenvalue weighted by molar-refractivity contribution is -0.141. The minimum atomic E-state index is -0.686. The summed E-state index contributed by atoms with van der Waals surface area (Å²) in [4.78, 5) is 13.1. The molecule has 2 aliphatic rings. The number of carbonyl (C=O) groups is 1. The molecule has 1 atom stereocenters. The number of carboxylic acid groups (broad SMARTS) is 1. The Morgan fingerprint density at radius 1 is 1.38 bits per heavy atom. The summed E-state index contributed by atoms with van der Waals surface area (Å²) >= 11 is 0. The zero-order valence-corrected chi connectivity index (χ0v) is 11.8. The van der Waals surface area contributed by atoms with Gasteiger partial charge in [0, 0.05) is 19.2 Å². The van der Waals surface area contributed by atoms with Crippen LogP contribution < -0.4 is 14.2 Å². The van der Waals surface area contributed by atoms with E-state index in [2.05, 4.69) is 4.90 Å². The molecule has 0 amide bonds. The van der Waals surface area contributed by atoms with Gasteiger partial charge in [0.1, 0.15) is 5.75 Å². The Hall–Kier alpha value is -1.95. The molecule has 2 aliphatic heterocycles. The van der Waals surface area contributed by atoms with Crippen LogP contribution in [0.25, 0.3) is 0 Å². The van der Waals surface area contributed by atoms with E-state index < -0.39 is 5.97 Å². The first kappa shape index (κ1) is 14.0. The first-order valence-electron chi connectivity index (χ1n) is 7.20. The van der Waals surface area contributed by atoms with Crippen molar-refractivity contribution in [1.29, 1.82) is 0 Å². The molecule has 1 aromatic rings. The van der Waals surface area contributed by atoms with E-state index in [1.807, 2.05) is 18.2 Å². The topological polar surface area (TPSA) is 68.2 Å². The molecule has 0 bridgehead atoms. The molecule has 0 radical (unpaired) electrons. The van der Waals surface area contributed by atoms with E-state index in [9.17, 15) is 4.79 Å². The molecule has 0 spiro atoms. The van der Waals surface area contributed by atoms with Crippen molar-refractivity contribution in [3.63, 3.8) is 0 Å². The highest BCUT2D eigenvalue weighted by molar-refractivity contribution is 5.70. The van der Waals surface area contributed by atoms with Gasteiger partial charge in [-0.3, -0.25) is 4.79 Å². The summed E-state index contributed by atoms with van der Waals surface area (Å²) in [5.74, 6) is 1.34.